The zero-order chi connectivity index (χ0) is 23.7. The molecule has 3 aliphatic rings. The van der Waals surface area contributed by atoms with Crippen LogP contribution in [0.15, 0.2) is 23.8 Å². The first-order chi connectivity index (χ1) is 15.9. The maximum Gasteiger partial charge on any atom is 0.303 e. The maximum atomic E-state index is 14.2. The number of hydrogen-bond donors (Lipinski definition) is 1. The van der Waals surface area contributed by atoms with Gasteiger partial charge in [0.25, 0.3) is 5.92 Å². The molecule has 1 heterocycles. The van der Waals surface area contributed by atoms with Crippen LogP contribution in [0.1, 0.15) is 83.5 Å². The molecule has 3 fully saturated rings. The van der Waals surface area contributed by atoms with Crippen LogP contribution in [0.4, 0.5) is 8.78 Å². The molecule has 33 heavy (non-hydrogen) atoms. The number of carbonyl (C=O) groups is 2. The third-order valence-electron chi connectivity index (χ3n) is 7.22. The molecule has 1 unspecified atom stereocenters. The molecule has 186 valence electrons. The molecule has 0 aromatic carbocycles. The Labute approximate surface area is 195 Å². The predicted octanol–water partition coefficient (Wildman–Crippen LogP) is 6.08. The van der Waals surface area contributed by atoms with Gasteiger partial charge in [0.05, 0.1) is 6.10 Å². The second-order valence-corrected chi connectivity index (χ2v) is 9.81. The molecule has 1 N–H and O–H groups in total. The van der Waals surface area contributed by atoms with Crippen molar-refractivity contribution in [3.63, 3.8) is 0 Å². The molecule has 5 atom stereocenters. The Morgan fingerprint density at radius 2 is 2.06 bits per heavy atom. The van der Waals surface area contributed by atoms with E-state index in [1.807, 2.05) is 6.08 Å². The summed E-state index contributed by atoms with van der Waals surface area (Å²) >= 11 is 0. The zero-order valence-electron chi connectivity index (χ0n) is 19.4. The van der Waals surface area contributed by atoms with Crippen molar-refractivity contribution >= 4 is 12.3 Å². The van der Waals surface area contributed by atoms with Gasteiger partial charge in [0.1, 0.15) is 6.29 Å². The van der Waals surface area contributed by atoms with E-state index in [2.05, 4.69) is 6.08 Å². The van der Waals surface area contributed by atoms with Gasteiger partial charge in [-0.2, -0.15) is 0 Å². The van der Waals surface area contributed by atoms with Crippen LogP contribution in [0.2, 0.25) is 0 Å². The van der Waals surface area contributed by atoms with Crippen LogP contribution < -0.4 is 0 Å². The fourth-order valence-electron chi connectivity index (χ4n) is 5.58. The van der Waals surface area contributed by atoms with E-state index in [0.29, 0.717) is 31.1 Å². The largest absolute Gasteiger partial charge is 0.481 e. The number of carbonyl (C=O) groups excluding carboxylic acids is 1. The Kier molecular flexibility index (Phi) is 10.0. The topological polar surface area (TPSA) is 72.8 Å². The molecule has 0 bridgehead atoms. The van der Waals surface area contributed by atoms with Crippen molar-refractivity contribution in [3.8, 4) is 0 Å². The quantitative estimate of drug-likeness (QED) is 0.202. The Hall–Kier alpha value is -1.60. The Morgan fingerprint density at radius 1 is 1.21 bits per heavy atom. The highest BCUT2D eigenvalue weighted by atomic mass is 19.3. The van der Waals surface area contributed by atoms with Gasteiger partial charge in [-0.25, -0.2) is 8.78 Å². The monoisotopic (exact) mass is 468 g/mol. The number of aldehydes is 1. The van der Waals surface area contributed by atoms with Gasteiger partial charge in [-0.15, -0.1) is 0 Å². The molecule has 2 saturated carbocycles. The lowest BCUT2D eigenvalue weighted by Crippen LogP contribution is -2.30. The van der Waals surface area contributed by atoms with Crippen LogP contribution in [0.25, 0.3) is 0 Å². The van der Waals surface area contributed by atoms with Crippen LogP contribution in [-0.2, 0) is 19.1 Å². The first kappa shape index (κ1) is 26.0. The van der Waals surface area contributed by atoms with Crippen molar-refractivity contribution in [1.82, 2.24) is 0 Å². The average Bonchev–Trinajstić information content (AvgIpc) is 3.30. The van der Waals surface area contributed by atoms with E-state index in [9.17, 15) is 18.4 Å². The summed E-state index contributed by atoms with van der Waals surface area (Å²) in [5.74, 6) is -2.66. The number of carboxylic acid groups (broad SMARTS) is 1. The van der Waals surface area contributed by atoms with Gasteiger partial charge in [0.2, 0.25) is 0 Å². The van der Waals surface area contributed by atoms with E-state index in [1.54, 1.807) is 6.08 Å². The molecule has 3 rings (SSSR count). The molecule has 0 spiro atoms. The Morgan fingerprint density at radius 3 is 2.79 bits per heavy atom. The summed E-state index contributed by atoms with van der Waals surface area (Å²) in [5, 5.41) is 8.81. The van der Waals surface area contributed by atoms with Crippen LogP contribution >= 0.6 is 0 Å². The van der Waals surface area contributed by atoms with Crippen molar-refractivity contribution in [2.45, 2.75) is 102 Å². The van der Waals surface area contributed by atoms with Crippen molar-refractivity contribution < 1.29 is 33.0 Å². The number of halogens is 2. The molecule has 5 nitrogen and oxygen atoms in total. The summed E-state index contributed by atoms with van der Waals surface area (Å²) < 4.78 is 40.5. The molecule has 0 aromatic rings. The fourth-order valence-corrected chi connectivity index (χ4v) is 5.58. The fraction of sp³-hybridized carbons (Fsp3) is 0.769. The summed E-state index contributed by atoms with van der Waals surface area (Å²) in [5.41, 5.74) is 1.36. The zero-order valence-corrected chi connectivity index (χ0v) is 19.4. The second kappa shape index (κ2) is 12.7. The summed E-state index contributed by atoms with van der Waals surface area (Å²) in [7, 11) is 0. The minimum absolute atomic E-state index is 0.0170. The third-order valence-corrected chi connectivity index (χ3v) is 7.22. The smallest absolute Gasteiger partial charge is 0.303 e. The number of alkyl halides is 2. The molecule has 0 radical (unpaired) electrons. The lowest BCUT2D eigenvalue weighted by Gasteiger charge is -2.29. The number of hydrogen-bond acceptors (Lipinski definition) is 4. The van der Waals surface area contributed by atoms with E-state index in [-0.39, 0.29) is 50.4 Å². The number of ether oxygens (including phenoxy) is 2. The first-order valence-electron chi connectivity index (χ1n) is 12.5. The van der Waals surface area contributed by atoms with E-state index in [4.69, 9.17) is 14.6 Å². The highest BCUT2D eigenvalue weighted by Crippen LogP contribution is 2.52. The number of carboxylic acids is 1. The van der Waals surface area contributed by atoms with Gasteiger partial charge in [0.15, 0.2) is 6.29 Å². The van der Waals surface area contributed by atoms with Gasteiger partial charge >= 0.3 is 5.97 Å². The van der Waals surface area contributed by atoms with E-state index < -0.39 is 11.9 Å². The van der Waals surface area contributed by atoms with Crippen molar-refractivity contribution in [2.75, 3.05) is 6.61 Å². The second-order valence-electron chi connectivity index (χ2n) is 9.81. The van der Waals surface area contributed by atoms with Gasteiger partial charge in [-0.05, 0) is 69.6 Å². The summed E-state index contributed by atoms with van der Waals surface area (Å²) in [6.45, 7) is 0.709. The number of fused-ring (bicyclic) bond motifs is 1. The molecule has 0 amide bonds. The van der Waals surface area contributed by atoms with E-state index >= 15 is 0 Å². The average molecular weight is 469 g/mol. The highest BCUT2D eigenvalue weighted by molar-refractivity contribution is 5.66. The van der Waals surface area contributed by atoms with Crippen LogP contribution in [0.5, 0.6) is 0 Å². The van der Waals surface area contributed by atoms with Crippen molar-refractivity contribution in [1.29, 1.82) is 0 Å². The molecule has 0 aromatic heterocycles. The third kappa shape index (κ3) is 8.29. The van der Waals surface area contributed by atoms with Gasteiger partial charge in [-0.3, -0.25) is 4.79 Å². The number of rotatable bonds is 13. The van der Waals surface area contributed by atoms with Crippen molar-refractivity contribution in [3.05, 3.63) is 23.8 Å². The van der Waals surface area contributed by atoms with Gasteiger partial charge < -0.3 is 19.4 Å². The minimum atomic E-state index is -2.80. The van der Waals surface area contributed by atoms with Crippen LogP contribution in [0.3, 0.4) is 0 Å². The van der Waals surface area contributed by atoms with Gasteiger partial charge in [-0.1, -0.05) is 23.8 Å². The van der Waals surface area contributed by atoms with Gasteiger partial charge in [0, 0.05) is 38.2 Å². The molecular formula is C26H38F2O5. The lowest BCUT2D eigenvalue weighted by atomic mass is 9.90. The molecule has 7 heteroatoms. The molecule has 1 saturated heterocycles. The standard InChI is InChI=1S/C26H38F2O5/c27-26(28,12-4-5-14-29)13-7-9-21-22-17-19(8-1-2-10-24(30)31)16-20(22)18-23(21)33-25-11-3-6-15-32-25/h7-9,14,20-23,25H,1-6,10-13,15-18H2,(H,30,31)/b9-7+,19-8+/t20-,21-,22-,23+,25?/m0/s1. The highest BCUT2D eigenvalue weighted by Gasteiger charge is 2.47. The maximum absolute atomic E-state index is 14.2. The lowest BCUT2D eigenvalue weighted by molar-refractivity contribution is -0.193. The van der Waals surface area contributed by atoms with E-state index in [0.717, 1.165) is 44.9 Å². The molecule has 1 aliphatic heterocycles. The van der Waals surface area contributed by atoms with Crippen molar-refractivity contribution in [2.24, 2.45) is 17.8 Å². The Bertz CT molecular complexity index is 699. The summed E-state index contributed by atoms with van der Waals surface area (Å²) in [4.78, 5) is 21.1. The minimum Gasteiger partial charge on any atom is -0.481 e. The normalized spacial score (nSPS) is 31.3. The van der Waals surface area contributed by atoms with Crippen LogP contribution in [0, 0.1) is 17.8 Å². The number of allylic oxidation sites excluding steroid dienone is 3. The molecular weight excluding hydrogens is 430 g/mol. The predicted molar refractivity (Wildman–Crippen MR) is 121 cm³/mol. The number of unbranched alkanes of at least 4 members (excludes halogenated alkanes) is 2. The first-order valence-corrected chi connectivity index (χ1v) is 12.5. The van der Waals surface area contributed by atoms with E-state index in [1.165, 1.54) is 5.57 Å². The SMILES string of the molecule is O=CCCCC(F)(F)C/C=C/[C@H]1[C@H]2C/C(=C/CCCC(=O)O)C[C@H]2C[C@H]1OC1CCCCO1. The number of aliphatic carboxylic acids is 1. The van der Waals surface area contributed by atoms with Crippen LogP contribution in [-0.4, -0.2) is 42.3 Å². The summed E-state index contributed by atoms with van der Waals surface area (Å²) in [6.07, 6.45) is 13.4. The molecule has 2 aliphatic carbocycles. The summed E-state index contributed by atoms with van der Waals surface area (Å²) in [6, 6.07) is 0. The Balaban J connectivity index is 1.60.